The fourth-order valence-electron chi connectivity index (χ4n) is 4.18. The van der Waals surface area contributed by atoms with Crippen LogP contribution in [0, 0.1) is 0 Å². The van der Waals surface area contributed by atoms with Crippen molar-refractivity contribution in [2.45, 2.75) is 11.8 Å². The Hall–Kier alpha value is -3.55. The number of ketones is 1. The summed E-state index contributed by atoms with van der Waals surface area (Å²) in [4.78, 5) is 39.8. The van der Waals surface area contributed by atoms with Crippen molar-refractivity contribution in [1.29, 1.82) is 0 Å². The molecule has 2 amide bonds. The summed E-state index contributed by atoms with van der Waals surface area (Å²) in [5.41, 5.74) is 2.62. The van der Waals surface area contributed by atoms with Crippen molar-refractivity contribution in [1.82, 2.24) is 10.6 Å². The molecule has 0 saturated heterocycles. The molecule has 0 spiro atoms. The Morgan fingerprint density at radius 3 is 1.21 bits per heavy atom. The third kappa shape index (κ3) is 7.27. The van der Waals surface area contributed by atoms with Gasteiger partial charge in [0.1, 0.15) is 0 Å². The van der Waals surface area contributed by atoms with E-state index in [9.17, 15) is 14.4 Å². The second-order valence-electron chi connectivity index (χ2n) is 8.76. The van der Waals surface area contributed by atoms with Crippen LogP contribution in [-0.2, 0) is 4.79 Å². The summed E-state index contributed by atoms with van der Waals surface area (Å²) in [6.45, 7) is 0.253. The Kier molecular flexibility index (Phi) is 9.62. The molecule has 4 aromatic rings. The SMILES string of the molecule is O=C(NCC(C(=O)C(CNC(=O)c1ccc(Br)cc1)c1ccccc1)c1ccccc1)c1ccc(Br)cc1. The van der Waals surface area contributed by atoms with Crippen LogP contribution in [0.15, 0.2) is 118 Å². The number of carbonyl (C=O) groups excluding carboxylic acids is 3. The van der Waals surface area contributed by atoms with Crippen LogP contribution in [0.25, 0.3) is 0 Å². The molecule has 0 aliphatic heterocycles. The summed E-state index contributed by atoms with van der Waals surface area (Å²) in [5, 5.41) is 5.87. The van der Waals surface area contributed by atoms with E-state index in [2.05, 4.69) is 42.5 Å². The maximum Gasteiger partial charge on any atom is 0.251 e. The number of hydrogen-bond acceptors (Lipinski definition) is 3. The molecule has 0 bridgehead atoms. The van der Waals surface area contributed by atoms with Gasteiger partial charge < -0.3 is 10.6 Å². The Labute approximate surface area is 238 Å². The van der Waals surface area contributed by atoms with Gasteiger partial charge in [-0.05, 0) is 59.7 Å². The second kappa shape index (κ2) is 13.3. The number of halogens is 2. The van der Waals surface area contributed by atoms with Crippen LogP contribution in [0.5, 0.6) is 0 Å². The van der Waals surface area contributed by atoms with Crippen molar-refractivity contribution < 1.29 is 14.4 Å². The van der Waals surface area contributed by atoms with Crippen molar-refractivity contribution in [3.05, 3.63) is 140 Å². The van der Waals surface area contributed by atoms with Crippen LogP contribution >= 0.6 is 31.9 Å². The summed E-state index contributed by atoms with van der Waals surface area (Å²) in [6.07, 6.45) is 0. The number of carbonyl (C=O) groups is 3. The normalized spacial score (nSPS) is 12.3. The highest BCUT2D eigenvalue weighted by atomic mass is 79.9. The summed E-state index contributed by atoms with van der Waals surface area (Å²) in [5.74, 6) is -1.82. The number of nitrogens with one attached hydrogen (secondary N) is 2. The van der Waals surface area contributed by atoms with Crippen LogP contribution < -0.4 is 10.6 Å². The molecule has 4 rings (SSSR count). The lowest BCUT2D eigenvalue weighted by atomic mass is 9.83. The zero-order chi connectivity index (χ0) is 26.9. The smallest absolute Gasteiger partial charge is 0.251 e. The van der Waals surface area contributed by atoms with E-state index in [-0.39, 0.29) is 30.7 Å². The van der Waals surface area contributed by atoms with Gasteiger partial charge in [-0.3, -0.25) is 14.4 Å². The molecule has 0 radical (unpaired) electrons. The highest BCUT2D eigenvalue weighted by Crippen LogP contribution is 2.27. The minimum atomic E-state index is -0.606. The van der Waals surface area contributed by atoms with Crippen LogP contribution in [0.4, 0.5) is 0 Å². The van der Waals surface area contributed by atoms with Crippen molar-refractivity contribution >= 4 is 49.5 Å². The molecule has 2 N–H and O–H groups in total. The molecule has 4 aromatic carbocycles. The van der Waals surface area contributed by atoms with E-state index in [0.29, 0.717) is 11.1 Å². The van der Waals surface area contributed by atoms with Crippen LogP contribution in [0.1, 0.15) is 43.7 Å². The van der Waals surface area contributed by atoms with E-state index >= 15 is 0 Å². The lowest BCUT2D eigenvalue weighted by Crippen LogP contribution is -2.38. The Balaban J connectivity index is 1.57. The third-order valence-corrected chi connectivity index (χ3v) is 7.29. The van der Waals surface area contributed by atoms with Gasteiger partial charge in [-0.1, -0.05) is 92.5 Å². The molecule has 0 aliphatic carbocycles. The van der Waals surface area contributed by atoms with Crippen LogP contribution in [0.3, 0.4) is 0 Å². The topological polar surface area (TPSA) is 75.3 Å². The second-order valence-corrected chi connectivity index (χ2v) is 10.6. The first-order valence-corrected chi connectivity index (χ1v) is 13.7. The van der Waals surface area contributed by atoms with Gasteiger partial charge >= 0.3 is 0 Å². The Morgan fingerprint density at radius 1 is 0.526 bits per heavy atom. The van der Waals surface area contributed by atoms with E-state index in [1.54, 1.807) is 48.5 Å². The number of Topliss-reactive ketones (excluding diaryl/α,β-unsaturated/α-hetero) is 1. The standard InChI is InChI=1S/C31H26Br2N2O3/c32-25-15-11-23(12-16-25)30(37)34-19-27(21-7-3-1-4-8-21)29(36)28(22-9-5-2-6-10-22)20-35-31(38)24-13-17-26(33)18-14-24/h1-18,27-28H,19-20H2,(H,34,37)(H,35,38). The molecule has 0 heterocycles. The molecule has 38 heavy (non-hydrogen) atoms. The van der Waals surface area contributed by atoms with Crippen molar-refractivity contribution in [3.63, 3.8) is 0 Å². The molecule has 192 valence electrons. The van der Waals surface area contributed by atoms with E-state index in [1.807, 2.05) is 60.7 Å². The van der Waals surface area contributed by atoms with Crippen LogP contribution in [0.2, 0.25) is 0 Å². The van der Waals surface area contributed by atoms with Gasteiger partial charge in [-0.2, -0.15) is 0 Å². The van der Waals surface area contributed by atoms with Crippen molar-refractivity contribution in [3.8, 4) is 0 Å². The number of amides is 2. The highest BCUT2D eigenvalue weighted by molar-refractivity contribution is 9.10. The average Bonchev–Trinajstić information content (AvgIpc) is 2.95. The predicted molar refractivity (Wildman–Crippen MR) is 156 cm³/mol. The zero-order valence-corrected chi connectivity index (χ0v) is 23.6. The van der Waals surface area contributed by atoms with Gasteiger partial charge in [0.15, 0.2) is 5.78 Å². The van der Waals surface area contributed by atoms with Gasteiger partial charge in [-0.15, -0.1) is 0 Å². The fourth-order valence-corrected chi connectivity index (χ4v) is 4.70. The summed E-state index contributed by atoms with van der Waals surface area (Å²) >= 11 is 6.76. The maximum absolute atomic E-state index is 14.1. The zero-order valence-electron chi connectivity index (χ0n) is 20.4. The predicted octanol–water partition coefficient (Wildman–Crippen LogP) is 6.51. The first-order valence-electron chi connectivity index (χ1n) is 12.1. The van der Waals surface area contributed by atoms with E-state index < -0.39 is 11.8 Å². The fraction of sp³-hybridized carbons (Fsp3) is 0.129. The molecule has 5 nitrogen and oxygen atoms in total. The van der Waals surface area contributed by atoms with Gasteiger partial charge in [0.05, 0.1) is 11.8 Å². The highest BCUT2D eigenvalue weighted by Gasteiger charge is 2.30. The number of rotatable bonds is 10. The van der Waals surface area contributed by atoms with E-state index in [0.717, 1.165) is 20.1 Å². The molecule has 0 aliphatic rings. The first kappa shape index (κ1) is 27.5. The molecule has 0 aromatic heterocycles. The summed E-state index contributed by atoms with van der Waals surface area (Å²) in [7, 11) is 0. The minimum Gasteiger partial charge on any atom is -0.351 e. The Bertz CT molecular complexity index is 1270. The van der Waals surface area contributed by atoms with E-state index in [4.69, 9.17) is 0 Å². The molecule has 7 heteroatoms. The average molecular weight is 634 g/mol. The van der Waals surface area contributed by atoms with Gasteiger partial charge in [0.25, 0.3) is 11.8 Å². The monoisotopic (exact) mass is 632 g/mol. The van der Waals surface area contributed by atoms with Crippen LogP contribution in [-0.4, -0.2) is 30.7 Å². The third-order valence-electron chi connectivity index (χ3n) is 6.24. The summed E-state index contributed by atoms with van der Waals surface area (Å²) in [6, 6.07) is 32.9. The first-order chi connectivity index (χ1) is 18.4. The van der Waals surface area contributed by atoms with Crippen molar-refractivity contribution in [2.24, 2.45) is 0 Å². The quantitative estimate of drug-likeness (QED) is 0.209. The molecular weight excluding hydrogens is 608 g/mol. The van der Waals surface area contributed by atoms with Gasteiger partial charge in [-0.25, -0.2) is 0 Å². The molecule has 0 fully saturated rings. The molecular formula is C31H26Br2N2O3. The molecule has 2 unspecified atom stereocenters. The lowest BCUT2D eigenvalue weighted by molar-refractivity contribution is -0.121. The number of hydrogen-bond donors (Lipinski definition) is 2. The maximum atomic E-state index is 14.1. The summed E-state index contributed by atoms with van der Waals surface area (Å²) < 4.78 is 1.75. The van der Waals surface area contributed by atoms with Crippen molar-refractivity contribution in [2.75, 3.05) is 13.1 Å². The largest absolute Gasteiger partial charge is 0.351 e. The van der Waals surface area contributed by atoms with Gasteiger partial charge in [0.2, 0.25) is 0 Å². The lowest BCUT2D eigenvalue weighted by Gasteiger charge is -2.24. The number of benzene rings is 4. The van der Waals surface area contributed by atoms with E-state index in [1.165, 1.54) is 0 Å². The molecule has 2 atom stereocenters. The Morgan fingerprint density at radius 2 is 0.868 bits per heavy atom. The molecule has 0 saturated carbocycles. The minimum absolute atomic E-state index is 0.0883. The van der Waals surface area contributed by atoms with Gasteiger partial charge in [0, 0.05) is 33.2 Å².